The van der Waals surface area contributed by atoms with Gasteiger partial charge in [0.15, 0.2) is 5.03 Å². The predicted molar refractivity (Wildman–Crippen MR) is 70.0 cm³/mol. The Balaban J connectivity index is 2.07. The largest absolute Gasteiger partial charge is 0.508 e. The molecule has 0 aliphatic rings. The maximum absolute atomic E-state index is 12.0. The second-order valence-corrected chi connectivity index (χ2v) is 5.75. The lowest BCUT2D eigenvalue weighted by atomic mass is 10.2. The molecule has 1 aromatic heterocycles. The molecule has 0 saturated heterocycles. The van der Waals surface area contributed by atoms with E-state index in [1.807, 2.05) is 6.92 Å². The highest BCUT2D eigenvalue weighted by Gasteiger charge is 2.16. The number of hydrogen-bond donors (Lipinski definition) is 2. The monoisotopic (exact) mass is 281 g/mol. The number of imidazole rings is 1. The van der Waals surface area contributed by atoms with E-state index in [2.05, 4.69) is 9.71 Å². The Labute approximate surface area is 111 Å². The van der Waals surface area contributed by atoms with E-state index in [1.54, 1.807) is 16.7 Å². The highest BCUT2D eigenvalue weighted by molar-refractivity contribution is 7.89. The van der Waals surface area contributed by atoms with Crippen LogP contribution in [0, 0.1) is 0 Å². The van der Waals surface area contributed by atoms with Crippen LogP contribution in [0.25, 0.3) is 0 Å². The Morgan fingerprint density at radius 3 is 2.58 bits per heavy atom. The molecule has 0 bridgehead atoms. The lowest BCUT2D eigenvalue weighted by molar-refractivity contribution is 0.475. The first-order valence-corrected chi connectivity index (χ1v) is 7.29. The number of nitrogens with one attached hydrogen (secondary N) is 1. The summed E-state index contributed by atoms with van der Waals surface area (Å²) in [6.45, 7) is 2.73. The van der Waals surface area contributed by atoms with Gasteiger partial charge >= 0.3 is 0 Å². The summed E-state index contributed by atoms with van der Waals surface area (Å²) in [4.78, 5) is 3.86. The molecule has 0 fully saturated rings. The van der Waals surface area contributed by atoms with Crippen molar-refractivity contribution in [1.82, 2.24) is 14.3 Å². The van der Waals surface area contributed by atoms with Crippen LogP contribution in [0.3, 0.4) is 0 Å². The fourth-order valence-corrected chi connectivity index (χ4v) is 2.48. The minimum atomic E-state index is -3.60. The average Bonchev–Trinajstić information content (AvgIpc) is 2.88. The van der Waals surface area contributed by atoms with Crippen LogP contribution < -0.4 is 4.72 Å². The number of sulfonamides is 1. The lowest BCUT2D eigenvalue weighted by Crippen LogP contribution is -2.23. The fraction of sp³-hybridized carbons (Fsp3) is 0.250. The van der Waals surface area contributed by atoms with Crippen LogP contribution in [0.15, 0.2) is 41.8 Å². The second kappa shape index (κ2) is 5.41. The molecular weight excluding hydrogens is 266 g/mol. The van der Waals surface area contributed by atoms with Gasteiger partial charge in [-0.25, -0.2) is 18.1 Å². The summed E-state index contributed by atoms with van der Waals surface area (Å²) in [5, 5.41) is 9.15. The van der Waals surface area contributed by atoms with E-state index < -0.39 is 10.0 Å². The van der Waals surface area contributed by atoms with Gasteiger partial charge in [-0.1, -0.05) is 12.1 Å². The Bertz CT molecular complexity index is 647. The molecular formula is C12H15N3O3S. The molecule has 0 radical (unpaired) electrons. The van der Waals surface area contributed by atoms with Gasteiger partial charge in [-0.15, -0.1) is 0 Å². The number of hydrogen-bond acceptors (Lipinski definition) is 4. The van der Waals surface area contributed by atoms with Crippen molar-refractivity contribution < 1.29 is 13.5 Å². The van der Waals surface area contributed by atoms with Gasteiger partial charge in [-0.05, 0) is 24.6 Å². The third kappa shape index (κ3) is 3.33. The van der Waals surface area contributed by atoms with Crippen LogP contribution >= 0.6 is 0 Å². The van der Waals surface area contributed by atoms with Crippen LogP contribution in [0.2, 0.25) is 0 Å². The summed E-state index contributed by atoms with van der Waals surface area (Å²) in [6.07, 6.45) is 2.97. The van der Waals surface area contributed by atoms with Crippen molar-refractivity contribution in [1.29, 1.82) is 0 Å². The number of nitrogens with zero attached hydrogens (tertiary/aromatic N) is 2. The average molecular weight is 281 g/mol. The van der Waals surface area contributed by atoms with Crippen LogP contribution in [-0.4, -0.2) is 23.1 Å². The standard InChI is InChI=1S/C12H15N3O3S/c1-2-15-8-12(13-9-15)19(17,18)14-7-10-3-5-11(16)6-4-10/h3-6,8-9,14,16H,2,7H2,1H3. The Morgan fingerprint density at radius 1 is 1.32 bits per heavy atom. The van der Waals surface area contributed by atoms with Gasteiger partial charge in [0.1, 0.15) is 5.75 Å². The third-order valence-corrected chi connectivity index (χ3v) is 3.94. The first-order valence-electron chi connectivity index (χ1n) is 5.80. The molecule has 6 nitrogen and oxygen atoms in total. The molecule has 1 heterocycles. The smallest absolute Gasteiger partial charge is 0.259 e. The molecule has 0 aliphatic carbocycles. The Hall–Kier alpha value is -1.86. The number of aryl methyl sites for hydroxylation is 1. The van der Waals surface area contributed by atoms with Gasteiger partial charge in [0.25, 0.3) is 10.0 Å². The molecule has 0 unspecified atom stereocenters. The number of phenols is 1. The Kier molecular flexibility index (Phi) is 3.87. The van der Waals surface area contributed by atoms with E-state index in [-0.39, 0.29) is 17.3 Å². The van der Waals surface area contributed by atoms with Gasteiger partial charge in [0, 0.05) is 19.3 Å². The minimum Gasteiger partial charge on any atom is -0.508 e. The van der Waals surface area contributed by atoms with Crippen molar-refractivity contribution >= 4 is 10.0 Å². The quantitative estimate of drug-likeness (QED) is 0.859. The van der Waals surface area contributed by atoms with Gasteiger partial charge in [-0.3, -0.25) is 0 Å². The van der Waals surface area contributed by atoms with Gasteiger partial charge in [-0.2, -0.15) is 0 Å². The summed E-state index contributed by atoms with van der Waals surface area (Å²) in [5.41, 5.74) is 0.760. The summed E-state index contributed by atoms with van der Waals surface area (Å²) in [7, 11) is -3.60. The first kappa shape index (κ1) is 13.6. The SMILES string of the molecule is CCn1cnc(S(=O)(=O)NCc2ccc(O)cc2)c1. The van der Waals surface area contributed by atoms with Gasteiger partial charge < -0.3 is 9.67 Å². The molecule has 2 N–H and O–H groups in total. The Morgan fingerprint density at radius 2 is 2.00 bits per heavy atom. The molecule has 102 valence electrons. The highest BCUT2D eigenvalue weighted by Crippen LogP contribution is 2.11. The van der Waals surface area contributed by atoms with Gasteiger partial charge in [0.2, 0.25) is 0 Å². The van der Waals surface area contributed by atoms with Crippen molar-refractivity contribution in [3.8, 4) is 5.75 Å². The van der Waals surface area contributed by atoms with Crippen LogP contribution in [0.4, 0.5) is 0 Å². The molecule has 0 spiro atoms. The van der Waals surface area contributed by atoms with E-state index in [4.69, 9.17) is 5.11 Å². The van der Waals surface area contributed by atoms with Crippen molar-refractivity contribution in [2.75, 3.05) is 0 Å². The zero-order valence-corrected chi connectivity index (χ0v) is 11.3. The van der Waals surface area contributed by atoms with Crippen LogP contribution in [0.1, 0.15) is 12.5 Å². The number of aromatic hydroxyl groups is 1. The molecule has 1 aromatic carbocycles. The molecule has 19 heavy (non-hydrogen) atoms. The predicted octanol–water partition coefficient (Wildman–Crippen LogP) is 1.09. The zero-order valence-electron chi connectivity index (χ0n) is 10.4. The molecule has 0 atom stereocenters. The maximum Gasteiger partial charge on any atom is 0.259 e. The van der Waals surface area contributed by atoms with E-state index in [0.717, 1.165) is 5.56 Å². The van der Waals surface area contributed by atoms with E-state index in [9.17, 15) is 8.42 Å². The van der Waals surface area contributed by atoms with Crippen molar-refractivity contribution in [2.24, 2.45) is 0 Å². The number of phenolic OH excluding ortho intramolecular Hbond substituents is 1. The van der Waals surface area contributed by atoms with E-state index >= 15 is 0 Å². The minimum absolute atomic E-state index is 0.00753. The second-order valence-electron chi connectivity index (χ2n) is 4.03. The normalized spacial score (nSPS) is 11.6. The first-order chi connectivity index (χ1) is 9.01. The zero-order chi connectivity index (χ0) is 13.9. The van der Waals surface area contributed by atoms with E-state index in [1.165, 1.54) is 24.7 Å². The van der Waals surface area contributed by atoms with Crippen LogP contribution in [-0.2, 0) is 23.1 Å². The number of benzene rings is 1. The fourth-order valence-electron chi connectivity index (χ4n) is 1.52. The summed E-state index contributed by atoms with van der Waals surface area (Å²) in [6, 6.07) is 6.33. The topological polar surface area (TPSA) is 84.2 Å². The number of rotatable bonds is 5. The van der Waals surface area contributed by atoms with Crippen molar-refractivity contribution in [3.63, 3.8) is 0 Å². The molecule has 7 heteroatoms. The summed E-state index contributed by atoms with van der Waals surface area (Å²) < 4.78 is 28.1. The molecule has 2 rings (SSSR count). The van der Waals surface area contributed by atoms with Crippen LogP contribution in [0.5, 0.6) is 5.75 Å². The third-order valence-electron chi connectivity index (χ3n) is 2.65. The summed E-state index contributed by atoms with van der Waals surface area (Å²) in [5.74, 6) is 0.147. The molecule has 0 amide bonds. The molecule has 0 saturated carbocycles. The van der Waals surface area contributed by atoms with E-state index in [0.29, 0.717) is 6.54 Å². The summed E-state index contributed by atoms with van der Waals surface area (Å²) >= 11 is 0. The lowest BCUT2D eigenvalue weighted by Gasteiger charge is -2.04. The molecule has 2 aromatic rings. The highest BCUT2D eigenvalue weighted by atomic mass is 32.2. The van der Waals surface area contributed by atoms with Gasteiger partial charge in [0.05, 0.1) is 6.33 Å². The van der Waals surface area contributed by atoms with Crippen molar-refractivity contribution in [3.05, 3.63) is 42.4 Å². The maximum atomic E-state index is 12.0. The number of aromatic nitrogens is 2. The molecule has 0 aliphatic heterocycles. The van der Waals surface area contributed by atoms with Crippen molar-refractivity contribution in [2.45, 2.75) is 25.0 Å².